The zero-order valence-corrected chi connectivity index (χ0v) is 10.1. The first-order valence-electron chi connectivity index (χ1n) is 6.00. The number of likely N-dealkylation sites (tertiary alicyclic amines) is 1. The predicted octanol–water partition coefficient (Wildman–Crippen LogP) is 1.69. The van der Waals surface area contributed by atoms with Crippen LogP contribution in [0.2, 0.25) is 0 Å². The van der Waals surface area contributed by atoms with Gasteiger partial charge in [0.25, 0.3) is 0 Å². The van der Waals surface area contributed by atoms with E-state index in [9.17, 15) is 9.18 Å². The number of hydrogen-bond donors (Lipinski definition) is 1. The number of nitrogens with two attached hydrogens (primary N) is 1. The van der Waals surface area contributed by atoms with Crippen LogP contribution in [0.5, 0.6) is 0 Å². The number of alkyl halides is 1. The first kappa shape index (κ1) is 12.8. The van der Waals surface area contributed by atoms with Gasteiger partial charge in [-0.2, -0.15) is 0 Å². The zero-order valence-electron chi connectivity index (χ0n) is 10.1. The molecule has 0 bridgehead atoms. The maximum absolute atomic E-state index is 13.3. The van der Waals surface area contributed by atoms with Crippen LogP contribution in [-0.4, -0.2) is 36.3 Å². The summed E-state index contributed by atoms with van der Waals surface area (Å²) >= 11 is 0. The smallest absolute Gasteiger partial charge is 0.410 e. The number of ether oxygens (including phenoxy) is 1. The van der Waals surface area contributed by atoms with Gasteiger partial charge in [0.1, 0.15) is 12.8 Å². The minimum absolute atomic E-state index is 0.0708. The summed E-state index contributed by atoms with van der Waals surface area (Å²) < 4.78 is 18.4. The molecule has 2 N–H and O–H groups in total. The molecule has 1 fully saturated rings. The fourth-order valence-corrected chi connectivity index (χ4v) is 2.03. The number of carbonyl (C=O) groups excluding carboxylic acids is 1. The van der Waals surface area contributed by atoms with Gasteiger partial charge in [0.2, 0.25) is 0 Å². The molecule has 0 unspecified atom stereocenters. The highest BCUT2D eigenvalue weighted by Crippen LogP contribution is 2.14. The number of rotatable bonds is 2. The van der Waals surface area contributed by atoms with Crippen LogP contribution in [0.3, 0.4) is 0 Å². The predicted molar refractivity (Wildman–Crippen MR) is 65.7 cm³/mol. The van der Waals surface area contributed by atoms with E-state index in [4.69, 9.17) is 10.5 Å². The van der Waals surface area contributed by atoms with Crippen molar-refractivity contribution in [1.29, 1.82) is 0 Å². The molecule has 18 heavy (non-hydrogen) atoms. The van der Waals surface area contributed by atoms with Crippen LogP contribution >= 0.6 is 0 Å². The van der Waals surface area contributed by atoms with Gasteiger partial charge in [-0.15, -0.1) is 0 Å². The summed E-state index contributed by atoms with van der Waals surface area (Å²) in [6.07, 6.45) is -1.25. The lowest BCUT2D eigenvalue weighted by Crippen LogP contribution is -2.50. The van der Waals surface area contributed by atoms with Gasteiger partial charge >= 0.3 is 6.09 Å². The molecule has 0 aliphatic carbocycles. The molecule has 1 amide bonds. The van der Waals surface area contributed by atoms with Crippen LogP contribution in [0.15, 0.2) is 30.3 Å². The van der Waals surface area contributed by atoms with E-state index in [1.54, 1.807) is 0 Å². The molecule has 1 aliphatic heterocycles. The Hall–Kier alpha value is -1.62. The number of hydrogen-bond acceptors (Lipinski definition) is 3. The maximum atomic E-state index is 13.3. The topological polar surface area (TPSA) is 55.6 Å². The van der Waals surface area contributed by atoms with Crippen molar-refractivity contribution >= 4 is 6.09 Å². The average Bonchev–Trinajstić information content (AvgIpc) is 2.36. The van der Waals surface area contributed by atoms with Gasteiger partial charge in [-0.1, -0.05) is 30.3 Å². The Labute approximate surface area is 106 Å². The van der Waals surface area contributed by atoms with E-state index in [0.717, 1.165) is 5.56 Å². The molecule has 5 heteroatoms. The molecule has 1 heterocycles. The Morgan fingerprint density at radius 2 is 2.11 bits per heavy atom. The van der Waals surface area contributed by atoms with Crippen molar-refractivity contribution in [2.24, 2.45) is 5.73 Å². The Morgan fingerprint density at radius 3 is 2.78 bits per heavy atom. The van der Waals surface area contributed by atoms with Crippen molar-refractivity contribution in [2.45, 2.75) is 25.2 Å². The van der Waals surface area contributed by atoms with E-state index < -0.39 is 12.3 Å². The number of carbonyl (C=O) groups is 1. The molecule has 0 aromatic heterocycles. The molecule has 2 atom stereocenters. The van der Waals surface area contributed by atoms with Crippen LogP contribution in [0.1, 0.15) is 12.0 Å². The summed E-state index contributed by atoms with van der Waals surface area (Å²) in [5, 5.41) is 0. The van der Waals surface area contributed by atoms with Gasteiger partial charge < -0.3 is 15.4 Å². The van der Waals surface area contributed by atoms with Gasteiger partial charge in [0.05, 0.1) is 6.54 Å². The fraction of sp³-hybridized carbons (Fsp3) is 0.462. The summed E-state index contributed by atoms with van der Waals surface area (Å²) in [6.45, 7) is 0.623. The Balaban J connectivity index is 1.84. The molecule has 1 aliphatic rings. The molecular weight excluding hydrogens is 235 g/mol. The average molecular weight is 252 g/mol. The first-order valence-corrected chi connectivity index (χ1v) is 6.00. The minimum atomic E-state index is -1.06. The van der Waals surface area contributed by atoms with E-state index in [2.05, 4.69) is 0 Å². The molecule has 1 saturated heterocycles. The molecule has 1 aromatic carbocycles. The molecule has 0 spiro atoms. The van der Waals surface area contributed by atoms with Crippen LogP contribution in [0.4, 0.5) is 9.18 Å². The normalized spacial score (nSPS) is 23.8. The molecule has 2 rings (SSSR count). The van der Waals surface area contributed by atoms with Gasteiger partial charge in [-0.05, 0) is 12.0 Å². The second-order valence-electron chi connectivity index (χ2n) is 4.54. The molecule has 4 nitrogen and oxygen atoms in total. The van der Waals surface area contributed by atoms with Crippen LogP contribution < -0.4 is 5.73 Å². The summed E-state index contributed by atoms with van der Waals surface area (Å²) in [5.41, 5.74) is 6.58. The monoisotopic (exact) mass is 252 g/mol. The van der Waals surface area contributed by atoms with E-state index in [-0.39, 0.29) is 19.2 Å². The lowest BCUT2D eigenvalue weighted by molar-refractivity contribution is 0.0666. The van der Waals surface area contributed by atoms with Gasteiger partial charge in [-0.25, -0.2) is 9.18 Å². The third kappa shape index (κ3) is 3.43. The molecule has 0 saturated carbocycles. The number of nitrogens with zero attached hydrogens (tertiary/aromatic N) is 1. The van der Waals surface area contributed by atoms with Crippen molar-refractivity contribution in [3.05, 3.63) is 35.9 Å². The third-order valence-corrected chi connectivity index (χ3v) is 2.90. The molecular formula is C13H17FN2O2. The van der Waals surface area contributed by atoms with E-state index in [1.807, 2.05) is 30.3 Å². The summed E-state index contributed by atoms with van der Waals surface area (Å²) in [4.78, 5) is 13.1. The van der Waals surface area contributed by atoms with Crippen molar-refractivity contribution in [3.63, 3.8) is 0 Å². The van der Waals surface area contributed by atoms with Gasteiger partial charge in [-0.3, -0.25) is 0 Å². The minimum Gasteiger partial charge on any atom is -0.445 e. The lowest BCUT2D eigenvalue weighted by Gasteiger charge is -2.32. The van der Waals surface area contributed by atoms with Gasteiger partial charge in [0.15, 0.2) is 0 Å². The molecule has 98 valence electrons. The summed E-state index contributed by atoms with van der Waals surface area (Å²) in [6, 6.07) is 9.07. The SMILES string of the molecule is N[C@@H]1C[C@H](F)CN(C(=O)OCc2ccccc2)C1. The Morgan fingerprint density at radius 1 is 1.39 bits per heavy atom. The quantitative estimate of drug-likeness (QED) is 0.871. The largest absolute Gasteiger partial charge is 0.445 e. The number of piperidine rings is 1. The Kier molecular flexibility index (Phi) is 4.15. The number of halogens is 1. The van der Waals surface area contributed by atoms with E-state index in [0.29, 0.717) is 13.0 Å². The molecule has 0 radical (unpaired) electrons. The highest BCUT2D eigenvalue weighted by molar-refractivity contribution is 5.67. The van der Waals surface area contributed by atoms with Crippen molar-refractivity contribution in [2.75, 3.05) is 13.1 Å². The van der Waals surface area contributed by atoms with E-state index >= 15 is 0 Å². The van der Waals surface area contributed by atoms with Crippen molar-refractivity contribution in [1.82, 2.24) is 4.90 Å². The third-order valence-electron chi connectivity index (χ3n) is 2.90. The highest BCUT2D eigenvalue weighted by atomic mass is 19.1. The summed E-state index contributed by atoms with van der Waals surface area (Å²) in [7, 11) is 0. The summed E-state index contributed by atoms with van der Waals surface area (Å²) in [5.74, 6) is 0. The number of benzene rings is 1. The second kappa shape index (κ2) is 5.82. The molecule has 1 aromatic rings. The van der Waals surface area contributed by atoms with E-state index in [1.165, 1.54) is 4.90 Å². The number of amides is 1. The second-order valence-corrected chi connectivity index (χ2v) is 4.54. The van der Waals surface area contributed by atoms with Crippen LogP contribution in [0, 0.1) is 0 Å². The Bertz CT molecular complexity index is 389. The van der Waals surface area contributed by atoms with Crippen LogP contribution in [-0.2, 0) is 11.3 Å². The van der Waals surface area contributed by atoms with Crippen LogP contribution in [0.25, 0.3) is 0 Å². The highest BCUT2D eigenvalue weighted by Gasteiger charge is 2.28. The van der Waals surface area contributed by atoms with Crippen molar-refractivity contribution in [3.8, 4) is 0 Å². The maximum Gasteiger partial charge on any atom is 0.410 e. The van der Waals surface area contributed by atoms with Gasteiger partial charge in [0, 0.05) is 12.6 Å². The lowest BCUT2D eigenvalue weighted by atomic mass is 10.1. The zero-order chi connectivity index (χ0) is 13.0. The standard InChI is InChI=1S/C13H17FN2O2/c14-11-6-12(15)8-16(7-11)13(17)18-9-10-4-2-1-3-5-10/h1-5,11-12H,6-9,15H2/t11-,12+/m0/s1. The first-order chi connectivity index (χ1) is 8.65. The van der Waals surface area contributed by atoms with Crippen molar-refractivity contribution < 1.29 is 13.9 Å². The fourth-order valence-electron chi connectivity index (χ4n) is 2.03.